The van der Waals surface area contributed by atoms with Gasteiger partial charge in [0.2, 0.25) is 0 Å². The molecule has 0 heterocycles. The summed E-state index contributed by atoms with van der Waals surface area (Å²) in [6, 6.07) is 7.99. The second-order valence-corrected chi connectivity index (χ2v) is 5.81. The van der Waals surface area contributed by atoms with Crippen molar-refractivity contribution in [3.05, 3.63) is 58.7 Å². The molecule has 0 fully saturated rings. The molecule has 5 nitrogen and oxygen atoms in total. The van der Waals surface area contributed by atoms with Crippen LogP contribution in [0, 0.1) is 0 Å². The summed E-state index contributed by atoms with van der Waals surface area (Å²) in [6.45, 7) is 1.79. The number of carboxylic acids is 1. The van der Waals surface area contributed by atoms with Crippen LogP contribution in [0.4, 0.5) is 13.2 Å². The molecule has 2 N–H and O–H groups in total. The smallest absolute Gasteiger partial charge is 0.455 e. The van der Waals surface area contributed by atoms with E-state index in [4.69, 9.17) is 9.84 Å². The van der Waals surface area contributed by atoms with E-state index in [0.29, 0.717) is 12.0 Å². The average molecular weight is 382 g/mol. The number of ether oxygens (including phenoxy) is 1. The van der Waals surface area contributed by atoms with Crippen LogP contribution in [0.3, 0.4) is 0 Å². The number of hydrogen-bond acceptors (Lipinski definition) is 4. The van der Waals surface area contributed by atoms with Gasteiger partial charge in [-0.2, -0.15) is 13.2 Å². The predicted octanol–water partition coefficient (Wildman–Crippen LogP) is 4.37. The van der Waals surface area contributed by atoms with E-state index in [2.05, 4.69) is 0 Å². The summed E-state index contributed by atoms with van der Waals surface area (Å²) >= 11 is 0. The molecular formula is C19H17F3O5. The first-order chi connectivity index (χ1) is 12.6. The van der Waals surface area contributed by atoms with E-state index in [1.807, 2.05) is 0 Å². The SMILES string of the molecule is CCCc1c(OCc2ccc(C(=O)O)cc2)ccc(C(=O)C(F)(F)F)c1O. The third-order valence-corrected chi connectivity index (χ3v) is 3.84. The molecule has 0 amide bonds. The zero-order chi connectivity index (χ0) is 20.2. The van der Waals surface area contributed by atoms with Gasteiger partial charge >= 0.3 is 12.1 Å². The zero-order valence-electron chi connectivity index (χ0n) is 14.3. The van der Waals surface area contributed by atoms with Crippen molar-refractivity contribution in [2.24, 2.45) is 0 Å². The first kappa shape index (κ1) is 20.3. The van der Waals surface area contributed by atoms with Crippen molar-refractivity contribution >= 4 is 11.8 Å². The van der Waals surface area contributed by atoms with Crippen LogP contribution in [0.25, 0.3) is 0 Å². The fourth-order valence-corrected chi connectivity index (χ4v) is 2.49. The van der Waals surface area contributed by atoms with Gasteiger partial charge in [-0.15, -0.1) is 0 Å². The molecule has 0 aliphatic heterocycles. The van der Waals surface area contributed by atoms with Gasteiger partial charge in [0.25, 0.3) is 5.78 Å². The Labute approximate surface area is 153 Å². The van der Waals surface area contributed by atoms with Crippen molar-refractivity contribution in [2.75, 3.05) is 0 Å². The third kappa shape index (κ3) is 4.78. The lowest BCUT2D eigenvalue weighted by atomic mass is 10.0. The zero-order valence-corrected chi connectivity index (χ0v) is 14.3. The van der Waals surface area contributed by atoms with Gasteiger partial charge in [-0.25, -0.2) is 4.79 Å². The fraction of sp³-hybridized carbons (Fsp3) is 0.263. The topological polar surface area (TPSA) is 83.8 Å². The van der Waals surface area contributed by atoms with Gasteiger partial charge in [-0.3, -0.25) is 4.79 Å². The normalized spacial score (nSPS) is 11.3. The minimum Gasteiger partial charge on any atom is -0.507 e. The number of aromatic carboxylic acids is 1. The maximum absolute atomic E-state index is 12.7. The van der Waals surface area contributed by atoms with Crippen molar-refractivity contribution in [2.45, 2.75) is 32.5 Å². The molecule has 8 heteroatoms. The number of halogens is 3. The quantitative estimate of drug-likeness (QED) is 0.695. The molecule has 2 aromatic rings. The Morgan fingerprint density at radius 1 is 1.07 bits per heavy atom. The summed E-state index contributed by atoms with van der Waals surface area (Å²) in [4.78, 5) is 22.3. The Bertz CT molecular complexity index is 842. The minimum absolute atomic E-state index is 0.0165. The highest BCUT2D eigenvalue weighted by Crippen LogP contribution is 2.36. The first-order valence-electron chi connectivity index (χ1n) is 8.06. The number of phenols is 1. The van der Waals surface area contributed by atoms with Crippen molar-refractivity contribution in [3.63, 3.8) is 0 Å². The lowest BCUT2D eigenvalue weighted by Crippen LogP contribution is -2.23. The molecule has 0 aliphatic rings. The van der Waals surface area contributed by atoms with Crippen molar-refractivity contribution in [3.8, 4) is 11.5 Å². The van der Waals surface area contributed by atoms with E-state index in [9.17, 15) is 27.9 Å². The highest BCUT2D eigenvalue weighted by Gasteiger charge is 2.41. The van der Waals surface area contributed by atoms with Crippen LogP contribution >= 0.6 is 0 Å². The molecule has 0 radical (unpaired) electrons. The van der Waals surface area contributed by atoms with Crippen LogP contribution in [0.2, 0.25) is 0 Å². The van der Waals surface area contributed by atoms with Gasteiger partial charge in [0.1, 0.15) is 18.1 Å². The number of Topliss-reactive ketones (excluding diaryl/α,β-unsaturated/α-hetero) is 1. The van der Waals surface area contributed by atoms with Crippen LogP contribution in [-0.4, -0.2) is 28.1 Å². The summed E-state index contributed by atoms with van der Waals surface area (Å²) in [6.07, 6.45) is -4.35. The summed E-state index contributed by atoms with van der Waals surface area (Å²) in [5, 5.41) is 19.0. The highest BCUT2D eigenvalue weighted by molar-refractivity contribution is 6.03. The highest BCUT2D eigenvalue weighted by atomic mass is 19.4. The lowest BCUT2D eigenvalue weighted by molar-refractivity contribution is -0.0886. The molecule has 0 spiro atoms. The molecule has 0 aliphatic carbocycles. The van der Waals surface area contributed by atoms with Gasteiger partial charge in [-0.1, -0.05) is 25.5 Å². The van der Waals surface area contributed by atoms with E-state index >= 15 is 0 Å². The minimum atomic E-state index is -5.09. The van der Waals surface area contributed by atoms with Crippen LogP contribution < -0.4 is 4.74 Å². The molecule has 0 saturated carbocycles. The van der Waals surface area contributed by atoms with Crippen LogP contribution in [0.15, 0.2) is 36.4 Å². The third-order valence-electron chi connectivity index (χ3n) is 3.84. The van der Waals surface area contributed by atoms with E-state index in [1.54, 1.807) is 19.1 Å². The summed E-state index contributed by atoms with van der Waals surface area (Å²) in [5.41, 5.74) is 0.0503. The number of carboxylic acid groups (broad SMARTS) is 1. The molecule has 0 unspecified atom stereocenters. The predicted molar refractivity (Wildman–Crippen MR) is 90.2 cm³/mol. The van der Waals surface area contributed by atoms with Gasteiger partial charge in [0.15, 0.2) is 0 Å². The number of hydrogen-bond donors (Lipinski definition) is 2. The number of carbonyl (C=O) groups is 2. The number of alkyl halides is 3. The monoisotopic (exact) mass is 382 g/mol. The second-order valence-electron chi connectivity index (χ2n) is 5.81. The van der Waals surface area contributed by atoms with Crippen molar-refractivity contribution in [1.29, 1.82) is 0 Å². The Kier molecular flexibility index (Phi) is 6.09. The largest absolute Gasteiger partial charge is 0.507 e. The number of aromatic hydroxyl groups is 1. The van der Waals surface area contributed by atoms with E-state index < -0.39 is 29.2 Å². The molecule has 144 valence electrons. The molecule has 0 atom stereocenters. The maximum Gasteiger partial charge on any atom is 0.455 e. The second kappa shape index (κ2) is 8.11. The van der Waals surface area contributed by atoms with Gasteiger partial charge in [0.05, 0.1) is 11.1 Å². The van der Waals surface area contributed by atoms with Crippen molar-refractivity contribution < 1.29 is 37.7 Å². The fourth-order valence-electron chi connectivity index (χ4n) is 2.49. The number of benzene rings is 2. The van der Waals surface area contributed by atoms with Crippen LogP contribution in [-0.2, 0) is 13.0 Å². The van der Waals surface area contributed by atoms with Gasteiger partial charge < -0.3 is 14.9 Å². The summed E-state index contributed by atoms with van der Waals surface area (Å²) in [7, 11) is 0. The molecular weight excluding hydrogens is 365 g/mol. The van der Waals surface area contributed by atoms with Crippen LogP contribution in [0.5, 0.6) is 11.5 Å². The number of ketones is 1. The number of phenolic OH excluding ortho intramolecular Hbond substituents is 1. The number of carbonyl (C=O) groups excluding carboxylic acids is 1. The molecule has 27 heavy (non-hydrogen) atoms. The molecule has 0 bridgehead atoms. The molecule has 2 rings (SSSR count). The maximum atomic E-state index is 12.7. The van der Waals surface area contributed by atoms with Crippen LogP contribution in [0.1, 0.15) is 45.2 Å². The Balaban J connectivity index is 2.27. The molecule has 0 aromatic heterocycles. The van der Waals surface area contributed by atoms with Gasteiger partial charge in [-0.05, 0) is 36.2 Å². The molecule has 0 saturated heterocycles. The standard InChI is InChI=1S/C19H17F3O5/c1-2-3-13-15(9-8-14(16(13)23)17(24)19(20,21)22)27-10-11-4-6-12(7-5-11)18(25)26/h4-9,23H,2-3,10H2,1H3,(H,25,26). The Morgan fingerprint density at radius 2 is 1.70 bits per heavy atom. The van der Waals surface area contributed by atoms with Crippen molar-refractivity contribution in [1.82, 2.24) is 0 Å². The summed E-state index contributed by atoms with van der Waals surface area (Å²) in [5.74, 6) is -3.76. The van der Waals surface area contributed by atoms with E-state index in [0.717, 1.165) is 6.07 Å². The Morgan fingerprint density at radius 3 is 2.22 bits per heavy atom. The Hall–Kier alpha value is -3.03. The number of rotatable bonds is 7. The average Bonchev–Trinajstić information content (AvgIpc) is 2.61. The van der Waals surface area contributed by atoms with Gasteiger partial charge in [0, 0.05) is 5.56 Å². The summed E-state index contributed by atoms with van der Waals surface area (Å²) < 4.78 is 43.6. The van der Waals surface area contributed by atoms with E-state index in [-0.39, 0.29) is 29.9 Å². The van der Waals surface area contributed by atoms with E-state index in [1.165, 1.54) is 18.2 Å². The lowest BCUT2D eigenvalue weighted by Gasteiger charge is -2.16. The first-order valence-corrected chi connectivity index (χ1v) is 8.06. The molecule has 2 aromatic carbocycles.